The summed E-state index contributed by atoms with van der Waals surface area (Å²) in [6.45, 7) is 4.45. The maximum atomic E-state index is 9.45. The molecule has 15 heavy (non-hydrogen) atoms. The Hall–Kier alpha value is -0.930. The molecule has 0 saturated carbocycles. The standard InChI is InChI=1S/C11H17NO2.ClH/c1-3-9(12)8-5-6-10(13)11(7-8)14-4-2;/h5-7,9,13H,3-4,12H2,1-2H3;1H/t9-;/m1./s1. The smallest absolute Gasteiger partial charge is 0.161 e. The topological polar surface area (TPSA) is 55.5 Å². The average Bonchev–Trinajstić information content (AvgIpc) is 2.20. The van der Waals surface area contributed by atoms with E-state index in [-0.39, 0.29) is 24.2 Å². The Bertz CT molecular complexity index is 305. The van der Waals surface area contributed by atoms with Crippen LogP contribution in [-0.2, 0) is 0 Å². The number of phenolic OH excluding ortho intramolecular Hbond substituents is 1. The van der Waals surface area contributed by atoms with Crippen LogP contribution < -0.4 is 10.5 Å². The van der Waals surface area contributed by atoms with Crippen molar-refractivity contribution in [3.63, 3.8) is 0 Å². The van der Waals surface area contributed by atoms with E-state index in [1.807, 2.05) is 19.9 Å². The number of nitrogens with two attached hydrogens (primary N) is 1. The lowest BCUT2D eigenvalue weighted by Gasteiger charge is -2.12. The molecular weight excluding hydrogens is 214 g/mol. The largest absolute Gasteiger partial charge is 0.504 e. The molecule has 0 amide bonds. The third kappa shape index (κ3) is 3.61. The highest BCUT2D eigenvalue weighted by molar-refractivity contribution is 5.85. The van der Waals surface area contributed by atoms with Gasteiger partial charge >= 0.3 is 0 Å². The lowest BCUT2D eigenvalue weighted by molar-refractivity contribution is 0.317. The van der Waals surface area contributed by atoms with E-state index < -0.39 is 0 Å². The minimum absolute atomic E-state index is 0. The van der Waals surface area contributed by atoms with Gasteiger partial charge in [-0.2, -0.15) is 0 Å². The average molecular weight is 232 g/mol. The molecular formula is C11H18ClNO2. The highest BCUT2D eigenvalue weighted by atomic mass is 35.5. The van der Waals surface area contributed by atoms with Gasteiger partial charge in [-0.05, 0) is 31.0 Å². The second-order valence-corrected chi connectivity index (χ2v) is 3.17. The predicted octanol–water partition coefficient (Wildman–Crippen LogP) is 2.62. The van der Waals surface area contributed by atoms with Crippen LogP contribution in [0.25, 0.3) is 0 Å². The molecule has 3 nitrogen and oxygen atoms in total. The number of hydrogen-bond donors (Lipinski definition) is 2. The molecule has 1 aromatic rings. The number of ether oxygens (including phenoxy) is 1. The van der Waals surface area contributed by atoms with Gasteiger partial charge in [-0.1, -0.05) is 13.0 Å². The summed E-state index contributed by atoms with van der Waals surface area (Å²) in [5, 5.41) is 9.45. The molecule has 3 N–H and O–H groups in total. The van der Waals surface area contributed by atoms with Gasteiger partial charge < -0.3 is 15.6 Å². The molecule has 0 radical (unpaired) electrons. The van der Waals surface area contributed by atoms with Gasteiger partial charge in [0.15, 0.2) is 11.5 Å². The van der Waals surface area contributed by atoms with Crippen LogP contribution in [0.1, 0.15) is 31.9 Å². The van der Waals surface area contributed by atoms with E-state index in [4.69, 9.17) is 10.5 Å². The first-order valence-electron chi connectivity index (χ1n) is 4.90. The zero-order valence-electron chi connectivity index (χ0n) is 9.06. The normalized spacial score (nSPS) is 11.7. The van der Waals surface area contributed by atoms with E-state index in [9.17, 15) is 5.11 Å². The molecule has 0 heterocycles. The van der Waals surface area contributed by atoms with Crippen molar-refractivity contribution in [2.24, 2.45) is 5.73 Å². The van der Waals surface area contributed by atoms with Crippen LogP contribution in [0.3, 0.4) is 0 Å². The second kappa shape index (κ2) is 6.53. The summed E-state index contributed by atoms with van der Waals surface area (Å²) < 4.78 is 5.27. The van der Waals surface area contributed by atoms with Gasteiger partial charge in [-0.15, -0.1) is 12.4 Å². The first-order chi connectivity index (χ1) is 6.69. The molecule has 0 aliphatic carbocycles. The van der Waals surface area contributed by atoms with Crippen LogP contribution >= 0.6 is 12.4 Å². The molecule has 1 aromatic carbocycles. The number of halogens is 1. The van der Waals surface area contributed by atoms with Gasteiger partial charge in [0.25, 0.3) is 0 Å². The van der Waals surface area contributed by atoms with Gasteiger partial charge in [0.05, 0.1) is 6.61 Å². The summed E-state index contributed by atoms with van der Waals surface area (Å²) in [6.07, 6.45) is 0.871. The molecule has 0 aromatic heterocycles. The first-order valence-corrected chi connectivity index (χ1v) is 4.90. The summed E-state index contributed by atoms with van der Waals surface area (Å²) in [5.41, 5.74) is 6.87. The van der Waals surface area contributed by atoms with Crippen LogP contribution in [0.2, 0.25) is 0 Å². The third-order valence-electron chi connectivity index (χ3n) is 2.15. The minimum atomic E-state index is 0. The fourth-order valence-electron chi connectivity index (χ4n) is 1.27. The molecule has 1 rings (SSSR count). The second-order valence-electron chi connectivity index (χ2n) is 3.17. The van der Waals surface area contributed by atoms with Gasteiger partial charge in [-0.3, -0.25) is 0 Å². The van der Waals surface area contributed by atoms with Crippen LogP contribution in [0.15, 0.2) is 18.2 Å². The highest BCUT2D eigenvalue weighted by Crippen LogP contribution is 2.29. The Morgan fingerprint density at radius 1 is 1.40 bits per heavy atom. The lowest BCUT2D eigenvalue weighted by atomic mass is 10.1. The van der Waals surface area contributed by atoms with Crippen molar-refractivity contribution in [1.29, 1.82) is 0 Å². The molecule has 0 aliphatic rings. The molecule has 0 saturated heterocycles. The summed E-state index contributed by atoms with van der Waals surface area (Å²) in [7, 11) is 0. The number of hydrogen-bond acceptors (Lipinski definition) is 3. The maximum Gasteiger partial charge on any atom is 0.161 e. The lowest BCUT2D eigenvalue weighted by Crippen LogP contribution is -2.08. The Labute approximate surface area is 96.7 Å². The van der Waals surface area contributed by atoms with E-state index in [1.165, 1.54) is 0 Å². The Kier molecular flexibility index (Phi) is 6.13. The molecule has 86 valence electrons. The maximum absolute atomic E-state index is 9.45. The number of benzene rings is 1. The van der Waals surface area contributed by atoms with Crippen molar-refractivity contribution in [1.82, 2.24) is 0 Å². The van der Waals surface area contributed by atoms with Gasteiger partial charge in [-0.25, -0.2) is 0 Å². The van der Waals surface area contributed by atoms with Crippen LogP contribution in [0.5, 0.6) is 11.5 Å². The minimum Gasteiger partial charge on any atom is -0.504 e. The van der Waals surface area contributed by atoms with E-state index in [2.05, 4.69) is 0 Å². The Balaban J connectivity index is 0.00000196. The summed E-state index contributed by atoms with van der Waals surface area (Å²) >= 11 is 0. The molecule has 0 fully saturated rings. The molecule has 1 atom stereocenters. The quantitative estimate of drug-likeness (QED) is 0.838. The SMILES string of the molecule is CCOc1cc([C@H](N)CC)ccc1O.Cl. The van der Waals surface area contributed by atoms with Gasteiger partial charge in [0.2, 0.25) is 0 Å². The highest BCUT2D eigenvalue weighted by Gasteiger charge is 2.07. The van der Waals surface area contributed by atoms with Crippen molar-refractivity contribution in [3.8, 4) is 11.5 Å². The van der Waals surface area contributed by atoms with Gasteiger partial charge in [0, 0.05) is 6.04 Å². The van der Waals surface area contributed by atoms with Crippen LogP contribution in [0.4, 0.5) is 0 Å². The number of aromatic hydroxyl groups is 1. The van der Waals surface area contributed by atoms with Crippen LogP contribution in [-0.4, -0.2) is 11.7 Å². The summed E-state index contributed by atoms with van der Waals surface area (Å²) in [5.74, 6) is 0.674. The van der Waals surface area contributed by atoms with Crippen molar-refractivity contribution >= 4 is 12.4 Å². The predicted molar refractivity (Wildman–Crippen MR) is 63.7 cm³/mol. The third-order valence-corrected chi connectivity index (χ3v) is 2.15. The van der Waals surface area contributed by atoms with E-state index in [0.29, 0.717) is 12.4 Å². The fourth-order valence-corrected chi connectivity index (χ4v) is 1.27. The summed E-state index contributed by atoms with van der Waals surface area (Å²) in [6, 6.07) is 5.25. The van der Waals surface area contributed by atoms with Crippen LogP contribution in [0, 0.1) is 0 Å². The summed E-state index contributed by atoms with van der Waals surface area (Å²) in [4.78, 5) is 0. The van der Waals surface area contributed by atoms with E-state index >= 15 is 0 Å². The Morgan fingerprint density at radius 3 is 2.60 bits per heavy atom. The molecule has 4 heteroatoms. The molecule has 0 spiro atoms. The molecule has 0 unspecified atom stereocenters. The fraction of sp³-hybridized carbons (Fsp3) is 0.455. The molecule has 0 bridgehead atoms. The van der Waals surface area contributed by atoms with Crippen molar-refractivity contribution in [3.05, 3.63) is 23.8 Å². The number of phenols is 1. The molecule has 0 aliphatic heterocycles. The van der Waals surface area contributed by atoms with Gasteiger partial charge in [0.1, 0.15) is 0 Å². The zero-order chi connectivity index (χ0) is 10.6. The van der Waals surface area contributed by atoms with E-state index in [1.54, 1.807) is 12.1 Å². The number of rotatable bonds is 4. The zero-order valence-corrected chi connectivity index (χ0v) is 9.88. The van der Waals surface area contributed by atoms with Crippen molar-refractivity contribution in [2.45, 2.75) is 26.3 Å². The Morgan fingerprint density at radius 2 is 2.07 bits per heavy atom. The van der Waals surface area contributed by atoms with E-state index in [0.717, 1.165) is 12.0 Å². The first kappa shape index (κ1) is 14.1. The van der Waals surface area contributed by atoms with Crippen molar-refractivity contribution in [2.75, 3.05) is 6.61 Å². The monoisotopic (exact) mass is 231 g/mol. The van der Waals surface area contributed by atoms with Crippen molar-refractivity contribution < 1.29 is 9.84 Å².